The summed E-state index contributed by atoms with van der Waals surface area (Å²) < 4.78 is 0.997. The number of halogens is 1. The number of nitrogens with one attached hydrogen (secondary N) is 1. The molecule has 1 aromatic carbocycles. The summed E-state index contributed by atoms with van der Waals surface area (Å²) in [6.07, 6.45) is 3.77. The van der Waals surface area contributed by atoms with Crippen LogP contribution in [-0.4, -0.2) is 16.6 Å². The number of benzene rings is 1. The van der Waals surface area contributed by atoms with Crippen molar-refractivity contribution in [3.63, 3.8) is 0 Å². The van der Waals surface area contributed by atoms with Gasteiger partial charge in [0.1, 0.15) is 5.54 Å². The Morgan fingerprint density at radius 2 is 2.00 bits per heavy atom. The maximum atomic E-state index is 12.0. The van der Waals surface area contributed by atoms with Crippen LogP contribution < -0.4 is 5.32 Å². The van der Waals surface area contributed by atoms with Crippen molar-refractivity contribution in [2.24, 2.45) is 11.8 Å². The Morgan fingerprint density at radius 1 is 1.35 bits per heavy atom. The third kappa shape index (κ3) is 3.00. The molecule has 1 aliphatic rings. The Morgan fingerprint density at radius 3 is 2.55 bits per heavy atom. The van der Waals surface area contributed by atoms with Crippen LogP contribution in [0.2, 0.25) is 0 Å². The quantitative estimate of drug-likeness (QED) is 0.847. The second kappa shape index (κ2) is 6.17. The fourth-order valence-electron chi connectivity index (χ4n) is 3.37. The molecule has 1 saturated carbocycles. The highest BCUT2D eigenvalue weighted by atomic mass is 79.9. The number of carbonyl (C=O) groups is 1. The Bertz CT molecular complexity index is 472. The van der Waals surface area contributed by atoms with E-state index in [0.717, 1.165) is 29.4 Å². The van der Waals surface area contributed by atoms with Crippen molar-refractivity contribution in [3.05, 3.63) is 28.7 Å². The van der Waals surface area contributed by atoms with Crippen molar-refractivity contribution in [3.8, 4) is 0 Å². The van der Waals surface area contributed by atoms with Gasteiger partial charge < -0.3 is 10.4 Å². The van der Waals surface area contributed by atoms with E-state index in [1.807, 2.05) is 24.3 Å². The third-order valence-electron chi connectivity index (χ3n) is 4.37. The Balaban J connectivity index is 2.32. The Kier molecular flexibility index (Phi) is 4.74. The molecule has 1 fully saturated rings. The highest BCUT2D eigenvalue weighted by Crippen LogP contribution is 2.41. The van der Waals surface area contributed by atoms with Crippen molar-refractivity contribution >= 4 is 27.6 Å². The first-order valence-electron chi connectivity index (χ1n) is 7.23. The molecule has 0 heterocycles. The van der Waals surface area contributed by atoms with Crippen molar-refractivity contribution < 1.29 is 9.90 Å². The zero-order valence-corrected chi connectivity index (χ0v) is 13.6. The molecule has 4 heteroatoms. The molecule has 0 aromatic heterocycles. The second-order valence-corrected chi connectivity index (χ2v) is 6.92. The summed E-state index contributed by atoms with van der Waals surface area (Å²) in [5.41, 5.74) is 0.0448. The lowest BCUT2D eigenvalue weighted by Gasteiger charge is -2.44. The van der Waals surface area contributed by atoms with Gasteiger partial charge in [-0.3, -0.25) is 0 Å². The number of carboxylic acids is 1. The molecule has 20 heavy (non-hydrogen) atoms. The standard InChI is InChI=1S/C16H22BrNO2/c1-11(2)14-5-3-4-10-16(14,15(19)20)18-13-8-6-12(17)7-9-13/h6-9,11,14,18H,3-5,10H2,1-2H3,(H,19,20). The van der Waals surface area contributed by atoms with Gasteiger partial charge in [-0.1, -0.05) is 42.6 Å². The van der Waals surface area contributed by atoms with Gasteiger partial charge in [0, 0.05) is 10.2 Å². The highest BCUT2D eigenvalue weighted by Gasteiger charge is 2.48. The molecule has 2 rings (SSSR count). The van der Waals surface area contributed by atoms with Crippen LogP contribution in [0.25, 0.3) is 0 Å². The number of hydrogen-bond acceptors (Lipinski definition) is 2. The fourth-order valence-corrected chi connectivity index (χ4v) is 3.63. The molecule has 0 spiro atoms. The minimum atomic E-state index is -0.833. The molecule has 1 aromatic rings. The molecular weight excluding hydrogens is 318 g/mol. The summed E-state index contributed by atoms with van der Waals surface area (Å²) in [6, 6.07) is 7.73. The smallest absolute Gasteiger partial charge is 0.329 e. The van der Waals surface area contributed by atoms with Gasteiger partial charge in [-0.25, -0.2) is 4.79 Å². The topological polar surface area (TPSA) is 49.3 Å². The minimum Gasteiger partial charge on any atom is -0.479 e. The third-order valence-corrected chi connectivity index (χ3v) is 4.90. The molecule has 0 bridgehead atoms. The zero-order valence-electron chi connectivity index (χ0n) is 12.0. The first-order valence-corrected chi connectivity index (χ1v) is 8.02. The predicted molar refractivity (Wildman–Crippen MR) is 84.9 cm³/mol. The van der Waals surface area contributed by atoms with Crippen LogP contribution in [0.1, 0.15) is 39.5 Å². The van der Waals surface area contributed by atoms with E-state index in [9.17, 15) is 9.90 Å². The number of rotatable bonds is 4. The predicted octanol–water partition coefficient (Wildman–Crippen LogP) is 4.53. The van der Waals surface area contributed by atoms with E-state index in [0.29, 0.717) is 12.3 Å². The van der Waals surface area contributed by atoms with Crippen LogP contribution in [0, 0.1) is 11.8 Å². The summed E-state index contributed by atoms with van der Waals surface area (Å²) in [4.78, 5) is 12.0. The molecule has 0 aliphatic heterocycles. The van der Waals surface area contributed by atoms with Crippen LogP contribution in [0.15, 0.2) is 28.7 Å². The highest BCUT2D eigenvalue weighted by molar-refractivity contribution is 9.10. The average Bonchev–Trinajstić information content (AvgIpc) is 2.41. The fraction of sp³-hybridized carbons (Fsp3) is 0.562. The first-order chi connectivity index (χ1) is 9.45. The van der Waals surface area contributed by atoms with E-state index < -0.39 is 11.5 Å². The number of aliphatic carboxylic acids is 1. The van der Waals surface area contributed by atoms with Crippen LogP contribution in [0.5, 0.6) is 0 Å². The van der Waals surface area contributed by atoms with Gasteiger partial charge in [0.25, 0.3) is 0 Å². The maximum Gasteiger partial charge on any atom is 0.329 e. The van der Waals surface area contributed by atoms with Crippen molar-refractivity contribution in [1.29, 1.82) is 0 Å². The van der Waals surface area contributed by atoms with Gasteiger partial charge >= 0.3 is 5.97 Å². The molecule has 0 saturated heterocycles. The number of anilines is 1. The summed E-state index contributed by atoms with van der Waals surface area (Å²) in [5, 5.41) is 13.2. The minimum absolute atomic E-state index is 0.164. The molecule has 3 nitrogen and oxygen atoms in total. The number of carboxylic acid groups (broad SMARTS) is 1. The Hall–Kier alpha value is -1.03. The van der Waals surface area contributed by atoms with Crippen LogP contribution in [0.4, 0.5) is 5.69 Å². The largest absolute Gasteiger partial charge is 0.479 e. The van der Waals surface area contributed by atoms with Gasteiger partial charge in [0.2, 0.25) is 0 Å². The molecule has 110 valence electrons. The van der Waals surface area contributed by atoms with Gasteiger partial charge in [0.15, 0.2) is 0 Å². The summed E-state index contributed by atoms with van der Waals surface area (Å²) in [5.74, 6) is -0.203. The summed E-state index contributed by atoms with van der Waals surface area (Å²) >= 11 is 3.40. The van der Waals surface area contributed by atoms with Gasteiger partial charge in [-0.2, -0.15) is 0 Å². The molecule has 2 N–H and O–H groups in total. The van der Waals surface area contributed by atoms with E-state index in [1.54, 1.807) is 0 Å². The second-order valence-electron chi connectivity index (χ2n) is 6.00. The van der Waals surface area contributed by atoms with Crippen molar-refractivity contribution in [1.82, 2.24) is 0 Å². The van der Waals surface area contributed by atoms with E-state index >= 15 is 0 Å². The lowest BCUT2D eigenvalue weighted by Crippen LogP contribution is -2.55. The Labute approximate surface area is 128 Å². The molecule has 2 atom stereocenters. The van der Waals surface area contributed by atoms with E-state index in [2.05, 4.69) is 35.1 Å². The van der Waals surface area contributed by atoms with Gasteiger partial charge in [-0.05, 0) is 48.9 Å². The average molecular weight is 340 g/mol. The monoisotopic (exact) mass is 339 g/mol. The SMILES string of the molecule is CC(C)C1CCCCC1(Nc1ccc(Br)cc1)C(=O)O. The molecule has 0 radical (unpaired) electrons. The van der Waals surface area contributed by atoms with Gasteiger partial charge in [0.05, 0.1) is 0 Å². The molecule has 1 aliphatic carbocycles. The lowest BCUT2D eigenvalue weighted by atomic mass is 9.67. The van der Waals surface area contributed by atoms with E-state index in [1.165, 1.54) is 0 Å². The number of hydrogen-bond donors (Lipinski definition) is 2. The molecular formula is C16H22BrNO2. The van der Waals surface area contributed by atoms with Gasteiger partial charge in [-0.15, -0.1) is 0 Å². The van der Waals surface area contributed by atoms with Crippen molar-refractivity contribution in [2.75, 3.05) is 5.32 Å². The normalized spacial score (nSPS) is 26.5. The maximum absolute atomic E-state index is 12.0. The summed E-state index contributed by atoms with van der Waals surface area (Å²) in [7, 11) is 0. The first kappa shape index (κ1) is 15.4. The lowest BCUT2D eigenvalue weighted by molar-refractivity contribution is -0.146. The van der Waals surface area contributed by atoms with Crippen LogP contribution in [-0.2, 0) is 4.79 Å². The van der Waals surface area contributed by atoms with E-state index in [4.69, 9.17) is 0 Å². The van der Waals surface area contributed by atoms with Crippen LogP contribution >= 0.6 is 15.9 Å². The zero-order chi connectivity index (χ0) is 14.8. The van der Waals surface area contributed by atoms with Crippen LogP contribution in [0.3, 0.4) is 0 Å². The molecule has 0 amide bonds. The summed E-state index contributed by atoms with van der Waals surface area (Å²) in [6.45, 7) is 4.24. The van der Waals surface area contributed by atoms with Crippen molar-refractivity contribution in [2.45, 2.75) is 45.1 Å². The van der Waals surface area contributed by atoms with E-state index in [-0.39, 0.29) is 5.92 Å². The molecule has 2 unspecified atom stereocenters.